The molecule has 0 radical (unpaired) electrons. The van der Waals surface area contributed by atoms with E-state index in [4.69, 9.17) is 4.74 Å². The maximum atomic E-state index is 13.7. The summed E-state index contributed by atoms with van der Waals surface area (Å²) in [5.74, 6) is 0.197. The molecule has 2 nitrogen and oxygen atoms in total. The standard InChI is InChI=1S/C13H13F7O2/c1-21-9-5-3-4-8(6-9)10(22-2)7-11(14,12(15,16)17)13(18,19)20/h3-6,10H,7H2,1-2H3. The zero-order chi connectivity index (χ0) is 17.2. The Labute approximate surface area is 121 Å². The molecule has 126 valence electrons. The summed E-state index contributed by atoms with van der Waals surface area (Å²) in [6, 6.07) is 5.19. The van der Waals surface area contributed by atoms with Crippen molar-refractivity contribution < 1.29 is 40.2 Å². The van der Waals surface area contributed by atoms with Gasteiger partial charge in [-0.05, 0) is 17.7 Å². The monoisotopic (exact) mass is 334 g/mol. The van der Waals surface area contributed by atoms with Gasteiger partial charge in [-0.3, -0.25) is 0 Å². The van der Waals surface area contributed by atoms with E-state index < -0.39 is 30.5 Å². The fourth-order valence-electron chi connectivity index (χ4n) is 1.83. The molecule has 1 atom stereocenters. The van der Waals surface area contributed by atoms with Crippen LogP contribution in [-0.4, -0.2) is 32.2 Å². The highest BCUT2D eigenvalue weighted by molar-refractivity contribution is 5.30. The lowest BCUT2D eigenvalue weighted by atomic mass is 9.92. The first kappa shape index (κ1) is 18.5. The second kappa shape index (κ2) is 6.31. The van der Waals surface area contributed by atoms with E-state index in [0.717, 1.165) is 7.11 Å². The van der Waals surface area contributed by atoms with Gasteiger partial charge < -0.3 is 9.47 Å². The normalized spacial score (nSPS) is 14.8. The molecule has 1 unspecified atom stereocenters. The number of rotatable bonds is 5. The SMILES string of the molecule is COc1cccc(C(CC(F)(C(F)(F)F)C(F)(F)F)OC)c1. The summed E-state index contributed by atoms with van der Waals surface area (Å²) in [6.07, 6.45) is -15.9. The number of methoxy groups -OCH3 is 2. The van der Waals surface area contributed by atoms with E-state index in [1.807, 2.05) is 0 Å². The number of hydrogen-bond acceptors (Lipinski definition) is 2. The summed E-state index contributed by atoms with van der Waals surface area (Å²) in [5.41, 5.74) is -5.43. The number of ether oxygens (including phenoxy) is 2. The lowest BCUT2D eigenvalue weighted by molar-refractivity contribution is -0.348. The molecule has 0 saturated carbocycles. The second-order valence-corrected chi connectivity index (χ2v) is 4.50. The van der Waals surface area contributed by atoms with Crippen LogP contribution in [0.15, 0.2) is 24.3 Å². The number of benzene rings is 1. The largest absolute Gasteiger partial charge is 0.497 e. The Morgan fingerprint density at radius 3 is 1.91 bits per heavy atom. The molecule has 0 bridgehead atoms. The van der Waals surface area contributed by atoms with E-state index >= 15 is 0 Å². The van der Waals surface area contributed by atoms with Gasteiger partial charge in [0.15, 0.2) is 0 Å². The minimum atomic E-state index is -6.11. The Kier molecular flexibility index (Phi) is 5.32. The van der Waals surface area contributed by atoms with Gasteiger partial charge in [0.25, 0.3) is 0 Å². The summed E-state index contributed by atoms with van der Waals surface area (Å²) in [4.78, 5) is 0. The fourth-order valence-corrected chi connectivity index (χ4v) is 1.83. The maximum absolute atomic E-state index is 13.7. The van der Waals surface area contributed by atoms with Crippen LogP contribution in [0, 0.1) is 0 Å². The van der Waals surface area contributed by atoms with E-state index in [-0.39, 0.29) is 11.3 Å². The first-order chi connectivity index (χ1) is 9.96. The second-order valence-electron chi connectivity index (χ2n) is 4.50. The predicted octanol–water partition coefficient (Wildman–Crippen LogP) is 4.61. The molecule has 0 N–H and O–H groups in total. The molecule has 22 heavy (non-hydrogen) atoms. The molecule has 1 aromatic rings. The molecule has 0 fully saturated rings. The first-order valence-electron chi connectivity index (χ1n) is 5.95. The van der Waals surface area contributed by atoms with Gasteiger partial charge in [-0.2, -0.15) is 26.3 Å². The highest BCUT2D eigenvalue weighted by Crippen LogP contribution is 2.51. The molecule has 1 aromatic carbocycles. The van der Waals surface area contributed by atoms with Gasteiger partial charge in [-0.1, -0.05) is 12.1 Å². The third kappa shape index (κ3) is 3.63. The zero-order valence-corrected chi connectivity index (χ0v) is 11.6. The topological polar surface area (TPSA) is 18.5 Å². The van der Waals surface area contributed by atoms with Crippen molar-refractivity contribution in [3.63, 3.8) is 0 Å². The van der Waals surface area contributed by atoms with Crippen LogP contribution in [0.3, 0.4) is 0 Å². The van der Waals surface area contributed by atoms with Crippen molar-refractivity contribution >= 4 is 0 Å². The molecule has 9 heteroatoms. The van der Waals surface area contributed by atoms with Gasteiger partial charge in [0.05, 0.1) is 13.2 Å². The molecule has 0 saturated heterocycles. The predicted molar refractivity (Wildman–Crippen MR) is 63.3 cm³/mol. The summed E-state index contributed by atoms with van der Waals surface area (Å²) < 4.78 is 98.7. The van der Waals surface area contributed by atoms with Crippen molar-refractivity contribution in [2.45, 2.75) is 30.5 Å². The van der Waals surface area contributed by atoms with Crippen LogP contribution in [-0.2, 0) is 4.74 Å². The summed E-state index contributed by atoms with van der Waals surface area (Å²) in [6.45, 7) is 0. The van der Waals surface area contributed by atoms with Crippen LogP contribution in [0.25, 0.3) is 0 Å². The van der Waals surface area contributed by atoms with Crippen LogP contribution in [0.2, 0.25) is 0 Å². The molecule has 0 aliphatic carbocycles. The van der Waals surface area contributed by atoms with Crippen molar-refractivity contribution in [3.8, 4) is 5.75 Å². The highest BCUT2D eigenvalue weighted by atomic mass is 19.4. The molecule has 1 rings (SSSR count). The average molecular weight is 334 g/mol. The van der Waals surface area contributed by atoms with Gasteiger partial charge >= 0.3 is 18.0 Å². The molecule has 0 amide bonds. The summed E-state index contributed by atoms with van der Waals surface area (Å²) >= 11 is 0. The zero-order valence-electron chi connectivity index (χ0n) is 11.6. The van der Waals surface area contributed by atoms with E-state index in [1.54, 1.807) is 0 Å². The highest BCUT2D eigenvalue weighted by Gasteiger charge is 2.72. The van der Waals surface area contributed by atoms with Gasteiger partial charge in [-0.25, -0.2) is 4.39 Å². The van der Waals surface area contributed by atoms with E-state index in [2.05, 4.69) is 4.74 Å². The van der Waals surface area contributed by atoms with Crippen molar-refractivity contribution in [2.75, 3.05) is 14.2 Å². The Bertz CT molecular complexity index is 482. The molecular weight excluding hydrogens is 321 g/mol. The molecule has 0 heterocycles. The molecule has 0 aliphatic heterocycles. The molecular formula is C13H13F7O2. The van der Waals surface area contributed by atoms with Crippen LogP contribution < -0.4 is 4.74 Å². The van der Waals surface area contributed by atoms with Gasteiger partial charge in [0.2, 0.25) is 0 Å². The minimum absolute atomic E-state index is 0.0580. The smallest absolute Gasteiger partial charge is 0.431 e. The lowest BCUT2D eigenvalue weighted by Crippen LogP contribution is -2.54. The third-order valence-corrected chi connectivity index (χ3v) is 3.12. The summed E-state index contributed by atoms with van der Waals surface area (Å²) in [7, 11) is 2.17. The first-order valence-corrected chi connectivity index (χ1v) is 5.95. The third-order valence-electron chi connectivity index (χ3n) is 3.12. The van der Waals surface area contributed by atoms with Crippen molar-refractivity contribution in [1.82, 2.24) is 0 Å². The van der Waals surface area contributed by atoms with Gasteiger partial charge in [-0.15, -0.1) is 0 Å². The van der Waals surface area contributed by atoms with E-state index in [0.29, 0.717) is 0 Å². The van der Waals surface area contributed by atoms with Crippen LogP contribution in [0.4, 0.5) is 30.7 Å². The van der Waals surface area contributed by atoms with Crippen LogP contribution in [0.1, 0.15) is 18.1 Å². The molecule has 0 spiro atoms. The molecule has 0 aliphatic rings. The Morgan fingerprint density at radius 1 is 0.955 bits per heavy atom. The van der Waals surface area contributed by atoms with Gasteiger partial charge in [0.1, 0.15) is 5.75 Å². The number of halogens is 7. The van der Waals surface area contributed by atoms with Crippen LogP contribution >= 0.6 is 0 Å². The lowest BCUT2D eigenvalue weighted by Gasteiger charge is -2.32. The minimum Gasteiger partial charge on any atom is -0.497 e. The van der Waals surface area contributed by atoms with Crippen LogP contribution in [0.5, 0.6) is 5.75 Å². The average Bonchev–Trinajstić information content (AvgIpc) is 2.42. The number of hydrogen-bond donors (Lipinski definition) is 0. The summed E-state index contributed by atoms with van der Waals surface area (Å²) in [5, 5.41) is 0. The number of alkyl halides is 7. The fraction of sp³-hybridized carbons (Fsp3) is 0.538. The van der Waals surface area contributed by atoms with Gasteiger partial charge in [0, 0.05) is 13.5 Å². The Balaban J connectivity index is 3.19. The van der Waals surface area contributed by atoms with E-state index in [9.17, 15) is 30.7 Å². The quantitative estimate of drug-likeness (QED) is 0.733. The maximum Gasteiger partial charge on any atom is 0.431 e. The van der Waals surface area contributed by atoms with Crippen molar-refractivity contribution in [3.05, 3.63) is 29.8 Å². The Hall–Kier alpha value is -1.51. The molecule has 0 aromatic heterocycles. The van der Waals surface area contributed by atoms with Crippen molar-refractivity contribution in [1.29, 1.82) is 0 Å². The van der Waals surface area contributed by atoms with Crippen molar-refractivity contribution in [2.24, 2.45) is 0 Å². The van der Waals surface area contributed by atoms with E-state index in [1.165, 1.54) is 31.4 Å². The Morgan fingerprint density at radius 2 is 1.50 bits per heavy atom.